The molecular formula is C27H33Cl2FN2O3. The molecule has 2 aromatic rings. The molecule has 8 heteroatoms. The van der Waals surface area contributed by atoms with Gasteiger partial charge in [-0.25, -0.2) is 4.39 Å². The molecule has 2 aliphatic rings. The lowest BCUT2D eigenvalue weighted by molar-refractivity contribution is -0.147. The van der Waals surface area contributed by atoms with Crippen molar-refractivity contribution in [3.05, 3.63) is 63.9 Å². The van der Waals surface area contributed by atoms with Crippen LogP contribution in [0.25, 0.3) is 0 Å². The summed E-state index contributed by atoms with van der Waals surface area (Å²) in [6.45, 7) is 4.84. The number of esters is 1. The van der Waals surface area contributed by atoms with E-state index in [2.05, 4.69) is 9.80 Å². The largest absolute Gasteiger partial charge is 0.490 e. The Balaban J connectivity index is 1.22. The van der Waals surface area contributed by atoms with Crippen LogP contribution in [0.1, 0.15) is 31.2 Å². The SMILES string of the molecule is COC(=O)C(Cc1ccc(F)cc1)N1CCC(CN2CCC(Oc3ccc(Cl)c(Cl)c3)CC2)CC1. The van der Waals surface area contributed by atoms with E-state index in [1.165, 1.54) is 19.2 Å². The van der Waals surface area contributed by atoms with Gasteiger partial charge in [0.2, 0.25) is 0 Å². The van der Waals surface area contributed by atoms with Crippen molar-refractivity contribution in [2.45, 2.75) is 44.2 Å². The van der Waals surface area contributed by atoms with Crippen LogP contribution in [0.15, 0.2) is 42.5 Å². The molecule has 0 aliphatic carbocycles. The number of rotatable bonds is 8. The molecule has 0 radical (unpaired) electrons. The van der Waals surface area contributed by atoms with Crippen molar-refractivity contribution in [3.63, 3.8) is 0 Å². The predicted molar refractivity (Wildman–Crippen MR) is 137 cm³/mol. The third-order valence-corrected chi connectivity index (χ3v) is 7.89. The quantitative estimate of drug-likeness (QED) is 0.430. The van der Waals surface area contributed by atoms with Gasteiger partial charge >= 0.3 is 5.97 Å². The van der Waals surface area contributed by atoms with Gasteiger partial charge in [-0.3, -0.25) is 9.69 Å². The van der Waals surface area contributed by atoms with Gasteiger partial charge in [-0.05, 0) is 80.9 Å². The summed E-state index contributed by atoms with van der Waals surface area (Å²) in [5, 5.41) is 1.05. The maximum Gasteiger partial charge on any atom is 0.323 e. The fourth-order valence-corrected chi connectivity index (χ4v) is 5.39. The summed E-state index contributed by atoms with van der Waals surface area (Å²) in [7, 11) is 1.43. The maximum absolute atomic E-state index is 13.3. The van der Waals surface area contributed by atoms with Crippen LogP contribution in [-0.4, -0.2) is 67.7 Å². The molecule has 0 amide bonds. The zero-order valence-electron chi connectivity index (χ0n) is 20.1. The van der Waals surface area contributed by atoms with E-state index in [0.717, 1.165) is 69.7 Å². The Morgan fingerprint density at radius 2 is 1.69 bits per heavy atom. The molecule has 0 aromatic heterocycles. The fraction of sp³-hybridized carbons (Fsp3) is 0.519. The van der Waals surface area contributed by atoms with Crippen LogP contribution in [0, 0.1) is 11.7 Å². The minimum absolute atomic E-state index is 0.192. The highest BCUT2D eigenvalue weighted by molar-refractivity contribution is 6.42. The number of nitrogens with zero attached hydrogens (tertiary/aromatic N) is 2. The van der Waals surface area contributed by atoms with E-state index in [0.29, 0.717) is 22.4 Å². The number of methoxy groups -OCH3 is 1. The number of ether oxygens (including phenoxy) is 2. The van der Waals surface area contributed by atoms with Gasteiger partial charge < -0.3 is 14.4 Å². The van der Waals surface area contributed by atoms with Crippen LogP contribution in [0.4, 0.5) is 4.39 Å². The summed E-state index contributed by atoms with van der Waals surface area (Å²) in [5.41, 5.74) is 0.940. The van der Waals surface area contributed by atoms with Crippen LogP contribution in [0.3, 0.4) is 0 Å². The van der Waals surface area contributed by atoms with Crippen molar-refractivity contribution >= 4 is 29.2 Å². The standard InChI is InChI=1S/C27H33Cl2FN2O3/c1-34-27(33)26(16-19-2-4-21(30)5-3-19)32-14-8-20(9-15-32)18-31-12-10-22(11-13-31)35-23-6-7-24(28)25(29)17-23/h2-7,17,20,22,26H,8-16,18H2,1H3. The lowest BCUT2D eigenvalue weighted by Gasteiger charge is -2.39. The molecule has 5 nitrogen and oxygen atoms in total. The first-order valence-corrected chi connectivity index (χ1v) is 13.1. The Labute approximate surface area is 217 Å². The van der Waals surface area contributed by atoms with E-state index in [1.807, 2.05) is 6.07 Å². The zero-order chi connectivity index (χ0) is 24.8. The Bertz CT molecular complexity index is 975. The minimum atomic E-state index is -0.333. The molecule has 2 aromatic carbocycles. The van der Waals surface area contributed by atoms with Crippen molar-refractivity contribution in [2.24, 2.45) is 5.92 Å². The van der Waals surface area contributed by atoms with Gasteiger partial charge in [0.1, 0.15) is 23.7 Å². The summed E-state index contributed by atoms with van der Waals surface area (Å²) >= 11 is 12.1. The van der Waals surface area contributed by atoms with E-state index >= 15 is 0 Å². The first kappa shape index (κ1) is 26.2. The highest BCUT2D eigenvalue weighted by atomic mass is 35.5. The van der Waals surface area contributed by atoms with Crippen LogP contribution < -0.4 is 4.74 Å². The molecular weight excluding hydrogens is 490 g/mol. The van der Waals surface area contributed by atoms with Gasteiger partial charge in [-0.2, -0.15) is 0 Å². The lowest BCUT2D eigenvalue weighted by Crippen LogP contribution is -2.49. The molecule has 1 unspecified atom stereocenters. The molecule has 2 aliphatic heterocycles. The average Bonchev–Trinajstić information content (AvgIpc) is 2.87. The monoisotopic (exact) mass is 522 g/mol. The Hall–Kier alpha value is -1.86. The molecule has 2 saturated heterocycles. The summed E-state index contributed by atoms with van der Waals surface area (Å²) in [5.74, 6) is 0.889. The molecule has 2 heterocycles. The third-order valence-electron chi connectivity index (χ3n) is 7.15. The summed E-state index contributed by atoms with van der Waals surface area (Å²) in [4.78, 5) is 17.3. The first-order valence-electron chi connectivity index (χ1n) is 12.3. The summed E-state index contributed by atoms with van der Waals surface area (Å²) in [6.07, 6.45) is 4.80. The fourth-order valence-electron chi connectivity index (χ4n) is 5.11. The second-order valence-corrected chi connectivity index (χ2v) is 10.4. The number of hydrogen-bond acceptors (Lipinski definition) is 5. The Morgan fingerprint density at radius 1 is 1.00 bits per heavy atom. The molecule has 4 rings (SSSR count). The van der Waals surface area contributed by atoms with E-state index < -0.39 is 0 Å². The predicted octanol–water partition coefficient (Wildman–Crippen LogP) is 5.47. The second kappa shape index (κ2) is 12.4. The van der Waals surface area contributed by atoms with Gasteiger partial charge in [0.05, 0.1) is 17.2 Å². The van der Waals surface area contributed by atoms with Gasteiger partial charge in [0.25, 0.3) is 0 Å². The highest BCUT2D eigenvalue weighted by Gasteiger charge is 2.32. The third kappa shape index (κ3) is 7.32. The number of likely N-dealkylation sites (tertiary alicyclic amines) is 2. The van der Waals surface area contributed by atoms with E-state index in [1.54, 1.807) is 24.3 Å². The van der Waals surface area contributed by atoms with Gasteiger partial charge in [0.15, 0.2) is 0 Å². The average molecular weight is 523 g/mol. The van der Waals surface area contributed by atoms with Crippen molar-refractivity contribution < 1.29 is 18.7 Å². The topological polar surface area (TPSA) is 42.0 Å². The Kier molecular flexibility index (Phi) is 9.28. The van der Waals surface area contributed by atoms with Gasteiger partial charge in [-0.1, -0.05) is 35.3 Å². The van der Waals surface area contributed by atoms with Gasteiger partial charge in [0, 0.05) is 25.7 Å². The van der Waals surface area contributed by atoms with E-state index in [4.69, 9.17) is 32.7 Å². The first-order chi connectivity index (χ1) is 16.9. The second-order valence-electron chi connectivity index (χ2n) is 9.54. The minimum Gasteiger partial charge on any atom is -0.490 e. The summed E-state index contributed by atoms with van der Waals surface area (Å²) in [6, 6.07) is 11.4. The number of halogens is 3. The highest BCUT2D eigenvalue weighted by Crippen LogP contribution is 2.29. The molecule has 0 N–H and O–H groups in total. The lowest BCUT2D eigenvalue weighted by atomic mass is 9.93. The van der Waals surface area contributed by atoms with Crippen LogP contribution in [-0.2, 0) is 16.0 Å². The van der Waals surface area contributed by atoms with Crippen molar-refractivity contribution in [1.82, 2.24) is 9.80 Å². The van der Waals surface area contributed by atoms with Crippen molar-refractivity contribution in [3.8, 4) is 5.75 Å². The van der Waals surface area contributed by atoms with Crippen molar-refractivity contribution in [2.75, 3.05) is 39.8 Å². The Morgan fingerprint density at radius 3 is 2.31 bits per heavy atom. The number of benzene rings is 2. The molecule has 35 heavy (non-hydrogen) atoms. The van der Waals surface area contributed by atoms with Gasteiger partial charge in [-0.15, -0.1) is 0 Å². The van der Waals surface area contributed by atoms with Crippen molar-refractivity contribution in [1.29, 1.82) is 0 Å². The molecule has 0 spiro atoms. The molecule has 0 saturated carbocycles. The number of piperidine rings is 2. The van der Waals surface area contributed by atoms with Crippen LogP contribution in [0.5, 0.6) is 5.75 Å². The normalized spacial score (nSPS) is 19.4. The smallest absolute Gasteiger partial charge is 0.323 e. The molecule has 2 fully saturated rings. The zero-order valence-corrected chi connectivity index (χ0v) is 21.6. The van der Waals surface area contributed by atoms with Crippen LogP contribution >= 0.6 is 23.2 Å². The number of carbonyl (C=O) groups excluding carboxylic acids is 1. The molecule has 190 valence electrons. The number of hydrogen-bond donors (Lipinski definition) is 0. The molecule has 1 atom stereocenters. The van der Waals surface area contributed by atoms with E-state index in [-0.39, 0.29) is 23.9 Å². The number of carbonyl (C=O) groups is 1. The molecule has 0 bridgehead atoms. The summed E-state index contributed by atoms with van der Waals surface area (Å²) < 4.78 is 24.5. The van der Waals surface area contributed by atoms with Crippen LogP contribution in [0.2, 0.25) is 10.0 Å². The maximum atomic E-state index is 13.3. The van der Waals surface area contributed by atoms with E-state index in [9.17, 15) is 9.18 Å².